The van der Waals surface area contributed by atoms with Gasteiger partial charge in [-0.15, -0.1) is 0 Å². The standard InChI is InChI=1S/C23H25N5O6S/c1-16(29)17-4-10-21(11-5-17)35(32,33)27(2)14-22(30)26-19-12-24-28(13-19)15-23(31)25-18-6-8-20(34-3)9-7-18/h4-13H,14-15H2,1-3H3,(H,25,31)(H,26,30). The van der Waals surface area contributed by atoms with Gasteiger partial charge in [-0.1, -0.05) is 12.1 Å². The molecular formula is C23H25N5O6S. The predicted molar refractivity (Wildman–Crippen MR) is 129 cm³/mol. The van der Waals surface area contributed by atoms with Gasteiger partial charge in [0.05, 0.1) is 30.4 Å². The van der Waals surface area contributed by atoms with E-state index in [9.17, 15) is 22.8 Å². The molecule has 2 N–H and O–H groups in total. The number of methoxy groups -OCH3 is 1. The molecule has 3 aromatic rings. The molecule has 184 valence electrons. The van der Waals surface area contributed by atoms with Gasteiger partial charge in [-0.25, -0.2) is 8.42 Å². The highest BCUT2D eigenvalue weighted by Gasteiger charge is 2.23. The van der Waals surface area contributed by atoms with Crippen LogP contribution in [-0.2, 0) is 26.2 Å². The Labute approximate surface area is 202 Å². The molecule has 0 atom stereocenters. The lowest BCUT2D eigenvalue weighted by Crippen LogP contribution is -2.34. The first-order valence-electron chi connectivity index (χ1n) is 10.4. The van der Waals surface area contributed by atoms with Crippen molar-refractivity contribution in [2.24, 2.45) is 0 Å². The zero-order valence-electron chi connectivity index (χ0n) is 19.4. The van der Waals surface area contributed by atoms with Gasteiger partial charge in [-0.05, 0) is 43.3 Å². The summed E-state index contributed by atoms with van der Waals surface area (Å²) in [6, 6.07) is 12.3. The topological polar surface area (TPSA) is 140 Å². The summed E-state index contributed by atoms with van der Waals surface area (Å²) in [6.07, 6.45) is 2.81. The van der Waals surface area contributed by atoms with Gasteiger partial charge >= 0.3 is 0 Å². The Bertz CT molecular complexity index is 1320. The lowest BCUT2D eigenvalue weighted by molar-refractivity contribution is -0.117. The van der Waals surface area contributed by atoms with Crippen LogP contribution in [0.2, 0.25) is 0 Å². The van der Waals surface area contributed by atoms with Crippen LogP contribution in [0.5, 0.6) is 5.75 Å². The number of nitrogens with one attached hydrogen (secondary N) is 2. The Morgan fingerprint density at radius 1 is 0.971 bits per heavy atom. The summed E-state index contributed by atoms with van der Waals surface area (Å²) in [7, 11) is -1.11. The minimum atomic E-state index is -3.93. The number of aromatic nitrogens is 2. The van der Waals surface area contributed by atoms with Gasteiger partial charge in [0.2, 0.25) is 21.8 Å². The first-order chi connectivity index (χ1) is 16.6. The molecule has 0 spiro atoms. The fourth-order valence-corrected chi connectivity index (χ4v) is 4.19. The van der Waals surface area contributed by atoms with E-state index in [4.69, 9.17) is 4.74 Å². The lowest BCUT2D eigenvalue weighted by Gasteiger charge is -2.16. The number of hydrogen-bond acceptors (Lipinski definition) is 7. The van der Waals surface area contributed by atoms with Gasteiger partial charge in [0.15, 0.2) is 5.78 Å². The van der Waals surface area contributed by atoms with Gasteiger partial charge in [0.25, 0.3) is 0 Å². The van der Waals surface area contributed by atoms with Gasteiger partial charge in [-0.2, -0.15) is 9.40 Å². The molecule has 11 nitrogen and oxygen atoms in total. The number of amides is 2. The fraction of sp³-hybridized carbons (Fsp3) is 0.217. The summed E-state index contributed by atoms with van der Waals surface area (Å²) in [6.45, 7) is 0.849. The zero-order valence-corrected chi connectivity index (χ0v) is 20.2. The van der Waals surface area contributed by atoms with Crippen molar-refractivity contribution in [3.05, 3.63) is 66.5 Å². The van der Waals surface area contributed by atoms with Gasteiger partial charge < -0.3 is 15.4 Å². The number of carbonyl (C=O) groups is 3. The van der Waals surface area contributed by atoms with Gasteiger partial charge in [-0.3, -0.25) is 19.1 Å². The lowest BCUT2D eigenvalue weighted by atomic mass is 10.2. The molecule has 0 bridgehead atoms. The SMILES string of the molecule is COc1ccc(NC(=O)Cn2cc(NC(=O)CN(C)S(=O)(=O)c3ccc(C(C)=O)cc3)cn2)cc1. The first kappa shape index (κ1) is 25.6. The molecule has 0 aliphatic carbocycles. The van der Waals surface area contributed by atoms with Crippen LogP contribution in [0.25, 0.3) is 0 Å². The largest absolute Gasteiger partial charge is 0.497 e. The van der Waals surface area contributed by atoms with E-state index >= 15 is 0 Å². The second kappa shape index (κ2) is 10.9. The van der Waals surface area contributed by atoms with Gasteiger partial charge in [0, 0.05) is 24.5 Å². The van der Waals surface area contributed by atoms with Crippen molar-refractivity contribution in [1.82, 2.24) is 14.1 Å². The summed E-state index contributed by atoms with van der Waals surface area (Å²) in [5.41, 5.74) is 1.29. The molecule has 12 heteroatoms. The summed E-state index contributed by atoms with van der Waals surface area (Å²) in [5.74, 6) is -0.420. The van der Waals surface area contributed by atoms with E-state index in [1.165, 1.54) is 55.3 Å². The number of carbonyl (C=O) groups excluding carboxylic acids is 3. The van der Waals surface area contributed by atoms with Crippen LogP contribution >= 0.6 is 0 Å². The van der Waals surface area contributed by atoms with E-state index in [2.05, 4.69) is 15.7 Å². The van der Waals surface area contributed by atoms with Crippen molar-refractivity contribution >= 4 is 39.0 Å². The molecule has 0 saturated carbocycles. The van der Waals surface area contributed by atoms with E-state index in [1.807, 2.05) is 0 Å². The van der Waals surface area contributed by atoms with Crippen LogP contribution in [0.3, 0.4) is 0 Å². The Morgan fingerprint density at radius 3 is 2.20 bits per heavy atom. The number of sulfonamides is 1. The molecule has 2 amide bonds. The molecular weight excluding hydrogens is 474 g/mol. The Hall–Kier alpha value is -4.03. The molecule has 0 saturated heterocycles. The van der Waals surface area contributed by atoms with E-state index < -0.39 is 22.5 Å². The molecule has 1 heterocycles. The molecule has 0 aliphatic rings. The summed E-state index contributed by atoms with van der Waals surface area (Å²) in [4.78, 5) is 36.0. The Balaban J connectivity index is 1.54. The van der Waals surface area contributed by atoms with E-state index in [1.54, 1.807) is 31.4 Å². The second-order valence-electron chi connectivity index (χ2n) is 7.59. The highest BCUT2D eigenvalue weighted by atomic mass is 32.2. The zero-order chi connectivity index (χ0) is 25.6. The number of rotatable bonds is 10. The average molecular weight is 500 g/mol. The number of nitrogens with zero attached hydrogens (tertiary/aromatic N) is 3. The van der Waals surface area contributed by atoms with E-state index in [-0.39, 0.29) is 23.1 Å². The van der Waals surface area contributed by atoms with Crippen LogP contribution in [0, 0.1) is 0 Å². The van der Waals surface area contributed by atoms with Crippen LogP contribution in [0.4, 0.5) is 11.4 Å². The minimum Gasteiger partial charge on any atom is -0.497 e. The first-order valence-corrected chi connectivity index (χ1v) is 11.9. The molecule has 0 radical (unpaired) electrons. The highest BCUT2D eigenvalue weighted by molar-refractivity contribution is 7.89. The summed E-state index contributed by atoms with van der Waals surface area (Å²) < 4.78 is 32.7. The maximum atomic E-state index is 12.7. The number of Topliss-reactive ketones (excluding diaryl/α,β-unsaturated/α-hetero) is 1. The normalized spacial score (nSPS) is 11.2. The number of ether oxygens (including phenoxy) is 1. The van der Waals surface area contributed by atoms with E-state index in [0.717, 1.165) is 4.31 Å². The molecule has 2 aromatic carbocycles. The number of anilines is 2. The minimum absolute atomic E-state index is 0.0338. The van der Waals surface area contributed by atoms with Crippen molar-refractivity contribution in [1.29, 1.82) is 0 Å². The predicted octanol–water partition coefficient (Wildman–Crippen LogP) is 1.99. The van der Waals surface area contributed by atoms with Crippen molar-refractivity contribution in [3.8, 4) is 5.75 Å². The van der Waals surface area contributed by atoms with Crippen molar-refractivity contribution in [2.45, 2.75) is 18.4 Å². The number of benzene rings is 2. The third-order valence-corrected chi connectivity index (χ3v) is 6.75. The van der Waals surface area contributed by atoms with Gasteiger partial charge in [0.1, 0.15) is 12.3 Å². The van der Waals surface area contributed by atoms with Crippen molar-refractivity contribution < 1.29 is 27.5 Å². The van der Waals surface area contributed by atoms with Crippen LogP contribution in [-0.4, -0.2) is 60.8 Å². The van der Waals surface area contributed by atoms with Crippen molar-refractivity contribution in [3.63, 3.8) is 0 Å². The molecule has 0 fully saturated rings. The quantitative estimate of drug-likeness (QED) is 0.407. The monoisotopic (exact) mass is 499 g/mol. The third-order valence-electron chi connectivity index (χ3n) is 4.93. The number of likely N-dealkylation sites (N-methyl/N-ethyl adjacent to an activating group) is 1. The highest BCUT2D eigenvalue weighted by Crippen LogP contribution is 2.17. The maximum absolute atomic E-state index is 12.7. The third kappa shape index (κ3) is 6.74. The van der Waals surface area contributed by atoms with Crippen LogP contribution in [0.1, 0.15) is 17.3 Å². The van der Waals surface area contributed by atoms with Crippen LogP contribution in [0.15, 0.2) is 65.8 Å². The van der Waals surface area contributed by atoms with E-state index in [0.29, 0.717) is 22.7 Å². The number of hydrogen-bond donors (Lipinski definition) is 2. The Morgan fingerprint density at radius 2 is 1.60 bits per heavy atom. The molecule has 0 aliphatic heterocycles. The fourth-order valence-electron chi connectivity index (χ4n) is 3.07. The summed E-state index contributed by atoms with van der Waals surface area (Å²) >= 11 is 0. The smallest absolute Gasteiger partial charge is 0.246 e. The summed E-state index contributed by atoms with van der Waals surface area (Å²) in [5, 5.41) is 9.32. The van der Waals surface area contributed by atoms with Crippen molar-refractivity contribution in [2.75, 3.05) is 31.3 Å². The number of ketones is 1. The molecule has 35 heavy (non-hydrogen) atoms. The molecule has 1 aromatic heterocycles. The average Bonchev–Trinajstić information content (AvgIpc) is 3.25. The molecule has 0 unspecified atom stereocenters. The van der Waals surface area contributed by atoms with Crippen LogP contribution < -0.4 is 15.4 Å². The Kier molecular flexibility index (Phi) is 7.99. The maximum Gasteiger partial charge on any atom is 0.246 e. The second-order valence-corrected chi connectivity index (χ2v) is 9.64. The molecule has 3 rings (SSSR count).